The second-order valence-corrected chi connectivity index (χ2v) is 9.70. The van der Waals surface area contributed by atoms with Crippen molar-refractivity contribution in [3.05, 3.63) is 28.8 Å². The van der Waals surface area contributed by atoms with Crippen LogP contribution in [0.4, 0.5) is 0 Å². The largest absolute Gasteiger partial charge is 0.298 e. The molecule has 0 radical (unpaired) electrons. The van der Waals surface area contributed by atoms with Gasteiger partial charge in [0.2, 0.25) is 0 Å². The number of Topliss-reactive ketones (excluding diaryl/α,β-unsaturated/α-hetero) is 3. The number of hydrogen-bond donors (Lipinski definition) is 0. The molecule has 0 N–H and O–H groups in total. The average molecular weight is 362 g/mol. The maximum absolute atomic E-state index is 12.9. The third kappa shape index (κ3) is 2.86. The predicted molar refractivity (Wildman–Crippen MR) is 92.6 cm³/mol. The van der Waals surface area contributed by atoms with Gasteiger partial charge in [-0.1, -0.05) is 26.0 Å². The first-order chi connectivity index (χ1) is 11.6. The quantitative estimate of drug-likeness (QED) is 0.596. The Bertz CT molecular complexity index is 877. The highest BCUT2D eigenvalue weighted by atomic mass is 32.2. The van der Waals surface area contributed by atoms with E-state index in [1.807, 2.05) is 13.8 Å². The van der Waals surface area contributed by atoms with Crippen molar-refractivity contribution in [2.24, 2.45) is 5.92 Å². The molecule has 6 heteroatoms. The molecular weight excluding hydrogens is 340 g/mol. The average Bonchev–Trinajstić information content (AvgIpc) is 2.51. The van der Waals surface area contributed by atoms with Crippen LogP contribution < -0.4 is 0 Å². The Labute approximate surface area is 147 Å². The minimum atomic E-state index is -3.48. The topological polar surface area (TPSA) is 85.3 Å². The fraction of sp³-hybridized carbons (Fsp3) is 0.526. The summed E-state index contributed by atoms with van der Waals surface area (Å²) in [6.07, 6.45) is 1.44. The third-order valence-corrected chi connectivity index (χ3v) is 7.35. The lowest BCUT2D eigenvalue weighted by Gasteiger charge is -2.33. The first kappa shape index (κ1) is 18.0. The van der Waals surface area contributed by atoms with Crippen LogP contribution in [0.1, 0.15) is 61.0 Å². The number of benzene rings is 1. The maximum atomic E-state index is 12.9. The van der Waals surface area contributed by atoms with E-state index in [2.05, 4.69) is 0 Å². The van der Waals surface area contributed by atoms with Gasteiger partial charge < -0.3 is 0 Å². The molecular formula is C19H22O5S. The molecule has 134 valence electrons. The molecule has 0 spiro atoms. The van der Waals surface area contributed by atoms with Gasteiger partial charge in [-0.3, -0.25) is 14.4 Å². The fourth-order valence-electron chi connectivity index (χ4n) is 3.87. The Hall–Kier alpha value is -1.82. The van der Waals surface area contributed by atoms with Gasteiger partial charge in [0.1, 0.15) is 5.92 Å². The van der Waals surface area contributed by atoms with E-state index >= 15 is 0 Å². The van der Waals surface area contributed by atoms with Gasteiger partial charge in [-0.15, -0.1) is 0 Å². The SMILES string of the molecule is Cc1c(C(=O)C2C(=O)CCCC2=O)ccc2c1S(=O)(=O)CCC2(C)C. The molecule has 1 aliphatic carbocycles. The van der Waals surface area contributed by atoms with Gasteiger partial charge in [0.15, 0.2) is 27.2 Å². The molecule has 0 unspecified atom stereocenters. The first-order valence-corrected chi connectivity index (χ1v) is 10.2. The van der Waals surface area contributed by atoms with Crippen LogP contribution in [0, 0.1) is 12.8 Å². The maximum Gasteiger partial charge on any atom is 0.181 e. The zero-order valence-corrected chi connectivity index (χ0v) is 15.5. The van der Waals surface area contributed by atoms with Crippen molar-refractivity contribution in [2.45, 2.75) is 56.8 Å². The highest BCUT2D eigenvalue weighted by Gasteiger charge is 2.41. The molecule has 1 aromatic carbocycles. The minimum absolute atomic E-state index is 0.0345. The third-order valence-electron chi connectivity index (χ3n) is 5.46. The van der Waals surface area contributed by atoms with E-state index in [0.717, 1.165) is 0 Å². The smallest absolute Gasteiger partial charge is 0.181 e. The van der Waals surface area contributed by atoms with Crippen LogP contribution in [0.2, 0.25) is 0 Å². The van der Waals surface area contributed by atoms with Crippen LogP contribution in [0.15, 0.2) is 17.0 Å². The van der Waals surface area contributed by atoms with Gasteiger partial charge in [-0.05, 0) is 36.3 Å². The molecule has 1 fully saturated rings. The number of hydrogen-bond acceptors (Lipinski definition) is 5. The minimum Gasteiger partial charge on any atom is -0.298 e. The molecule has 0 aromatic heterocycles. The fourth-order valence-corrected chi connectivity index (χ4v) is 6.11. The molecule has 1 heterocycles. The van der Waals surface area contributed by atoms with Crippen LogP contribution in [0.5, 0.6) is 0 Å². The van der Waals surface area contributed by atoms with E-state index in [1.165, 1.54) is 0 Å². The summed E-state index contributed by atoms with van der Waals surface area (Å²) in [6.45, 7) is 5.56. The Morgan fingerprint density at radius 3 is 2.32 bits per heavy atom. The number of carbonyl (C=O) groups excluding carboxylic acids is 3. The summed E-state index contributed by atoms with van der Waals surface area (Å²) in [5.41, 5.74) is 0.938. The van der Waals surface area contributed by atoms with E-state index in [0.29, 0.717) is 24.0 Å². The van der Waals surface area contributed by atoms with E-state index in [9.17, 15) is 22.8 Å². The van der Waals surface area contributed by atoms with E-state index in [4.69, 9.17) is 0 Å². The molecule has 0 saturated heterocycles. The molecule has 1 aromatic rings. The van der Waals surface area contributed by atoms with Gasteiger partial charge in [0.25, 0.3) is 0 Å². The lowest BCUT2D eigenvalue weighted by molar-refractivity contribution is -0.133. The van der Waals surface area contributed by atoms with Gasteiger partial charge in [-0.25, -0.2) is 8.42 Å². The number of rotatable bonds is 2. The van der Waals surface area contributed by atoms with Crippen molar-refractivity contribution in [1.82, 2.24) is 0 Å². The number of ketones is 3. The highest BCUT2D eigenvalue weighted by Crippen LogP contribution is 2.41. The summed E-state index contributed by atoms with van der Waals surface area (Å²) in [7, 11) is -3.48. The Kier molecular flexibility index (Phi) is 4.22. The van der Waals surface area contributed by atoms with Crippen LogP contribution in [0.25, 0.3) is 0 Å². The normalized spacial score (nSPS) is 22.5. The summed E-state index contributed by atoms with van der Waals surface area (Å²) >= 11 is 0. The van der Waals surface area contributed by atoms with Crippen molar-refractivity contribution >= 4 is 27.2 Å². The Morgan fingerprint density at radius 1 is 1.12 bits per heavy atom. The molecule has 5 nitrogen and oxygen atoms in total. The summed E-state index contributed by atoms with van der Waals surface area (Å²) in [5.74, 6) is -2.52. The van der Waals surface area contributed by atoms with Gasteiger partial charge in [0.05, 0.1) is 10.6 Å². The number of sulfone groups is 1. The lowest BCUT2D eigenvalue weighted by Crippen LogP contribution is -2.36. The molecule has 1 saturated carbocycles. The molecule has 2 aliphatic rings. The van der Waals surface area contributed by atoms with Crippen molar-refractivity contribution in [1.29, 1.82) is 0 Å². The number of carbonyl (C=O) groups is 3. The molecule has 1 aliphatic heterocycles. The van der Waals surface area contributed by atoms with Gasteiger partial charge in [-0.2, -0.15) is 0 Å². The monoisotopic (exact) mass is 362 g/mol. The van der Waals surface area contributed by atoms with Crippen molar-refractivity contribution in [3.8, 4) is 0 Å². The molecule has 3 rings (SSSR count). The summed E-state index contributed by atoms with van der Waals surface area (Å²) in [4.78, 5) is 37.2. The van der Waals surface area contributed by atoms with Crippen molar-refractivity contribution in [3.63, 3.8) is 0 Å². The highest BCUT2D eigenvalue weighted by molar-refractivity contribution is 7.91. The predicted octanol–water partition coefficient (Wildman–Crippen LogP) is 2.57. The summed E-state index contributed by atoms with van der Waals surface area (Å²) in [6, 6.07) is 3.25. The lowest BCUT2D eigenvalue weighted by atomic mass is 9.78. The van der Waals surface area contributed by atoms with E-state index in [1.54, 1.807) is 19.1 Å². The van der Waals surface area contributed by atoms with Crippen LogP contribution in [0.3, 0.4) is 0 Å². The van der Waals surface area contributed by atoms with Crippen molar-refractivity contribution in [2.75, 3.05) is 5.75 Å². The van der Waals surface area contributed by atoms with Crippen LogP contribution >= 0.6 is 0 Å². The van der Waals surface area contributed by atoms with Gasteiger partial charge >= 0.3 is 0 Å². The first-order valence-electron chi connectivity index (χ1n) is 8.53. The standard InChI is InChI=1S/C19H22O5S/c1-11-12(17(22)16-14(20)5-4-6-15(16)21)7-8-13-18(11)25(23,24)10-9-19(13,2)3/h7-8,16H,4-6,9-10H2,1-3H3. The second-order valence-electron chi connectivity index (χ2n) is 7.65. The summed E-state index contributed by atoms with van der Waals surface area (Å²) in [5, 5.41) is 0. The number of fused-ring (bicyclic) bond motifs is 1. The molecule has 0 bridgehead atoms. The van der Waals surface area contributed by atoms with Crippen LogP contribution in [-0.4, -0.2) is 31.5 Å². The Balaban J connectivity index is 2.16. The van der Waals surface area contributed by atoms with E-state index in [-0.39, 0.29) is 46.0 Å². The van der Waals surface area contributed by atoms with Crippen molar-refractivity contribution < 1.29 is 22.8 Å². The van der Waals surface area contributed by atoms with E-state index < -0.39 is 21.5 Å². The molecule has 0 atom stereocenters. The van der Waals surface area contributed by atoms with Gasteiger partial charge in [0, 0.05) is 18.4 Å². The second kappa shape index (κ2) is 5.87. The zero-order valence-electron chi connectivity index (χ0n) is 14.7. The van der Waals surface area contributed by atoms with Crippen LogP contribution in [-0.2, 0) is 24.8 Å². The zero-order chi connectivity index (χ0) is 18.6. The Morgan fingerprint density at radius 2 is 1.72 bits per heavy atom. The molecule has 25 heavy (non-hydrogen) atoms. The molecule has 0 amide bonds. The summed E-state index contributed by atoms with van der Waals surface area (Å²) < 4.78 is 25.2.